The quantitative estimate of drug-likeness (QED) is 0.840. The lowest BCUT2D eigenvalue weighted by atomic mass is 10.1. The Bertz CT molecular complexity index is 911. The van der Waals surface area contributed by atoms with E-state index in [1.54, 1.807) is 12.0 Å². The van der Waals surface area contributed by atoms with Crippen LogP contribution in [0.25, 0.3) is 10.9 Å². The van der Waals surface area contributed by atoms with Crippen molar-refractivity contribution < 1.29 is 19.4 Å². The molecule has 1 aromatic carbocycles. The molecular weight excluding hydrogens is 356 g/mol. The fraction of sp³-hybridized carbons (Fsp3) is 0.545. The average Bonchev–Trinajstić information content (AvgIpc) is 3.39. The highest BCUT2D eigenvalue weighted by Gasteiger charge is 2.34. The van der Waals surface area contributed by atoms with E-state index in [0.717, 1.165) is 48.0 Å². The van der Waals surface area contributed by atoms with E-state index < -0.39 is 5.97 Å². The molecule has 150 valence electrons. The van der Waals surface area contributed by atoms with Gasteiger partial charge in [-0.3, -0.25) is 9.59 Å². The van der Waals surface area contributed by atoms with Crippen LogP contribution in [0.4, 0.5) is 0 Å². The number of amides is 1. The first-order chi connectivity index (χ1) is 13.5. The third kappa shape index (κ3) is 3.15. The summed E-state index contributed by atoms with van der Waals surface area (Å²) in [6, 6.07) is 6.15. The minimum absolute atomic E-state index is 0.00930. The molecule has 1 saturated heterocycles. The van der Waals surface area contributed by atoms with Gasteiger partial charge in [0, 0.05) is 35.2 Å². The van der Waals surface area contributed by atoms with Crippen LogP contribution in [-0.2, 0) is 4.79 Å². The molecule has 0 bridgehead atoms. The Morgan fingerprint density at radius 2 is 1.93 bits per heavy atom. The Morgan fingerprint density at radius 3 is 2.61 bits per heavy atom. The number of ether oxygens (including phenoxy) is 1. The number of likely N-dealkylation sites (tertiary alicyclic amines) is 1. The SMILES string of the molecule is COc1ccc2c(c1)c(C(=O)N1CCCC1CC(=O)O)c(C)n2C1CCCC1. The number of aromatic nitrogens is 1. The highest BCUT2D eigenvalue weighted by atomic mass is 16.5. The van der Waals surface area contributed by atoms with E-state index in [1.165, 1.54) is 12.8 Å². The van der Waals surface area contributed by atoms with Crippen molar-refractivity contribution in [2.45, 2.75) is 64.0 Å². The van der Waals surface area contributed by atoms with Gasteiger partial charge in [-0.15, -0.1) is 0 Å². The van der Waals surface area contributed by atoms with Gasteiger partial charge in [0.1, 0.15) is 5.75 Å². The largest absolute Gasteiger partial charge is 0.497 e. The van der Waals surface area contributed by atoms with Gasteiger partial charge in [-0.2, -0.15) is 0 Å². The lowest BCUT2D eigenvalue weighted by Gasteiger charge is -2.24. The normalized spacial score (nSPS) is 20.2. The number of nitrogens with zero attached hydrogens (tertiary/aromatic N) is 2. The van der Waals surface area contributed by atoms with Gasteiger partial charge in [-0.05, 0) is 50.8 Å². The lowest BCUT2D eigenvalue weighted by molar-refractivity contribution is -0.137. The molecule has 28 heavy (non-hydrogen) atoms. The first-order valence-corrected chi connectivity index (χ1v) is 10.2. The maximum atomic E-state index is 13.6. The highest BCUT2D eigenvalue weighted by Crippen LogP contribution is 2.39. The first-order valence-electron chi connectivity index (χ1n) is 10.2. The molecule has 1 N–H and O–H groups in total. The monoisotopic (exact) mass is 384 g/mol. The number of aliphatic carboxylic acids is 1. The summed E-state index contributed by atoms with van der Waals surface area (Å²) in [7, 11) is 1.63. The Kier molecular flexibility index (Phi) is 5.04. The number of carbonyl (C=O) groups is 2. The van der Waals surface area contributed by atoms with E-state index in [2.05, 4.69) is 10.6 Å². The summed E-state index contributed by atoms with van der Waals surface area (Å²) in [6.07, 6.45) is 6.32. The summed E-state index contributed by atoms with van der Waals surface area (Å²) in [4.78, 5) is 26.6. The zero-order chi connectivity index (χ0) is 19.8. The fourth-order valence-electron chi connectivity index (χ4n) is 5.11. The number of benzene rings is 1. The molecule has 2 fully saturated rings. The zero-order valence-electron chi connectivity index (χ0n) is 16.6. The van der Waals surface area contributed by atoms with Gasteiger partial charge in [0.15, 0.2) is 0 Å². The van der Waals surface area contributed by atoms with Crippen molar-refractivity contribution in [2.24, 2.45) is 0 Å². The van der Waals surface area contributed by atoms with E-state index in [1.807, 2.05) is 19.1 Å². The second kappa shape index (κ2) is 7.49. The molecule has 0 radical (unpaired) electrons. The van der Waals surface area contributed by atoms with Crippen molar-refractivity contribution in [3.05, 3.63) is 29.5 Å². The Labute approximate surface area is 165 Å². The van der Waals surface area contributed by atoms with Crippen LogP contribution in [-0.4, -0.2) is 46.1 Å². The number of carboxylic acid groups (broad SMARTS) is 1. The minimum atomic E-state index is -0.850. The second-order valence-electron chi connectivity index (χ2n) is 8.04. The number of hydrogen-bond acceptors (Lipinski definition) is 3. The van der Waals surface area contributed by atoms with Gasteiger partial charge >= 0.3 is 5.97 Å². The van der Waals surface area contributed by atoms with Gasteiger partial charge in [0.05, 0.1) is 19.1 Å². The molecule has 1 saturated carbocycles. The van der Waals surface area contributed by atoms with Gasteiger partial charge < -0.3 is 19.3 Å². The molecule has 1 aromatic heterocycles. The van der Waals surface area contributed by atoms with Gasteiger partial charge in [0.25, 0.3) is 5.91 Å². The number of methoxy groups -OCH3 is 1. The average molecular weight is 384 g/mol. The predicted molar refractivity (Wildman–Crippen MR) is 107 cm³/mol. The summed E-state index contributed by atoms with van der Waals surface area (Å²) < 4.78 is 7.75. The van der Waals surface area contributed by atoms with Crippen LogP contribution in [0, 0.1) is 6.92 Å². The van der Waals surface area contributed by atoms with Crippen LogP contribution in [0.1, 0.15) is 67.0 Å². The number of rotatable bonds is 5. The number of fused-ring (bicyclic) bond motifs is 1. The van der Waals surface area contributed by atoms with Gasteiger partial charge in [-0.25, -0.2) is 0 Å². The molecule has 1 atom stereocenters. The van der Waals surface area contributed by atoms with Gasteiger partial charge in [0.2, 0.25) is 0 Å². The molecule has 6 heteroatoms. The Balaban J connectivity index is 1.82. The van der Waals surface area contributed by atoms with Crippen LogP contribution < -0.4 is 4.74 Å². The topological polar surface area (TPSA) is 71.8 Å². The highest BCUT2D eigenvalue weighted by molar-refractivity contribution is 6.09. The van der Waals surface area contributed by atoms with E-state index in [0.29, 0.717) is 18.2 Å². The molecular formula is C22H28N2O4. The molecule has 6 nitrogen and oxygen atoms in total. The van der Waals surface area contributed by atoms with E-state index >= 15 is 0 Å². The molecule has 2 aliphatic rings. The van der Waals surface area contributed by atoms with Crippen LogP contribution in [0.3, 0.4) is 0 Å². The summed E-state index contributed by atoms with van der Waals surface area (Å²) in [5.41, 5.74) is 2.77. The maximum Gasteiger partial charge on any atom is 0.305 e. The van der Waals surface area contributed by atoms with Crippen LogP contribution in [0.15, 0.2) is 18.2 Å². The molecule has 1 amide bonds. The summed E-state index contributed by atoms with van der Waals surface area (Å²) >= 11 is 0. The number of carbonyl (C=O) groups excluding carboxylic acids is 1. The van der Waals surface area contributed by atoms with Crippen molar-refractivity contribution in [1.29, 1.82) is 0 Å². The number of carboxylic acids is 1. The molecule has 2 heterocycles. The smallest absolute Gasteiger partial charge is 0.305 e. The summed E-state index contributed by atoms with van der Waals surface area (Å²) in [5.74, 6) is -0.165. The fourth-order valence-corrected chi connectivity index (χ4v) is 5.11. The maximum absolute atomic E-state index is 13.6. The second-order valence-corrected chi connectivity index (χ2v) is 8.04. The Hall–Kier alpha value is -2.50. The first kappa shape index (κ1) is 18.8. The Morgan fingerprint density at radius 1 is 1.18 bits per heavy atom. The van der Waals surface area contributed by atoms with Crippen LogP contribution >= 0.6 is 0 Å². The molecule has 2 aromatic rings. The van der Waals surface area contributed by atoms with Crippen molar-refractivity contribution in [3.63, 3.8) is 0 Å². The van der Waals surface area contributed by atoms with Crippen molar-refractivity contribution >= 4 is 22.8 Å². The van der Waals surface area contributed by atoms with Gasteiger partial charge in [-0.1, -0.05) is 12.8 Å². The van der Waals surface area contributed by atoms with Crippen LogP contribution in [0.2, 0.25) is 0 Å². The van der Waals surface area contributed by atoms with Crippen molar-refractivity contribution in [3.8, 4) is 5.75 Å². The van der Waals surface area contributed by atoms with E-state index in [4.69, 9.17) is 4.74 Å². The zero-order valence-corrected chi connectivity index (χ0v) is 16.6. The predicted octanol–water partition coefficient (Wildman–Crippen LogP) is 4.15. The van der Waals surface area contributed by atoms with Crippen LogP contribution in [0.5, 0.6) is 5.75 Å². The van der Waals surface area contributed by atoms with E-state index in [9.17, 15) is 14.7 Å². The summed E-state index contributed by atoms with van der Waals surface area (Å²) in [5, 5.41) is 10.1. The summed E-state index contributed by atoms with van der Waals surface area (Å²) in [6.45, 7) is 2.65. The van der Waals surface area contributed by atoms with E-state index in [-0.39, 0.29) is 18.4 Å². The number of hydrogen-bond donors (Lipinski definition) is 1. The van der Waals surface area contributed by atoms with Crippen molar-refractivity contribution in [2.75, 3.05) is 13.7 Å². The standard InChI is InChI=1S/C22H28N2O4/c1-14-21(22(27)23-11-5-8-16(23)12-20(25)26)18-13-17(28-2)9-10-19(18)24(14)15-6-3-4-7-15/h9-10,13,15-16H,3-8,11-12H2,1-2H3,(H,25,26). The lowest BCUT2D eigenvalue weighted by Crippen LogP contribution is -2.37. The third-order valence-corrected chi connectivity index (χ3v) is 6.41. The minimum Gasteiger partial charge on any atom is -0.497 e. The molecule has 1 unspecified atom stereocenters. The third-order valence-electron chi connectivity index (χ3n) is 6.41. The molecule has 4 rings (SSSR count). The van der Waals surface area contributed by atoms with Crippen molar-refractivity contribution in [1.82, 2.24) is 9.47 Å². The molecule has 1 aliphatic heterocycles. The molecule has 1 aliphatic carbocycles. The molecule has 0 spiro atoms.